The lowest BCUT2D eigenvalue weighted by Gasteiger charge is -2.06. The molecule has 2 nitrogen and oxygen atoms in total. The van der Waals surface area contributed by atoms with Crippen LogP contribution in [-0.2, 0) is 13.1 Å². The average Bonchev–Trinajstić information content (AvgIpc) is 3.04. The van der Waals surface area contributed by atoms with Crippen molar-refractivity contribution in [1.29, 1.82) is 0 Å². The van der Waals surface area contributed by atoms with Gasteiger partial charge in [-0.3, -0.25) is 0 Å². The van der Waals surface area contributed by atoms with E-state index >= 15 is 0 Å². The number of halogens is 1. The molecule has 0 bridgehead atoms. The zero-order valence-corrected chi connectivity index (χ0v) is 12.0. The van der Waals surface area contributed by atoms with Crippen molar-refractivity contribution in [3.8, 4) is 0 Å². The van der Waals surface area contributed by atoms with E-state index in [4.69, 9.17) is 11.6 Å². The summed E-state index contributed by atoms with van der Waals surface area (Å²) in [5.41, 5.74) is 1.20. The molecular formula is C15H15ClN2S. The van der Waals surface area contributed by atoms with Gasteiger partial charge in [-0.25, -0.2) is 0 Å². The maximum Gasteiger partial charge on any atom is 0.0661 e. The Hall–Kier alpha value is -1.29. The van der Waals surface area contributed by atoms with Gasteiger partial charge in [0.25, 0.3) is 0 Å². The van der Waals surface area contributed by atoms with E-state index in [1.54, 1.807) is 11.3 Å². The van der Waals surface area contributed by atoms with E-state index in [1.807, 2.05) is 18.3 Å². The standard InChI is InChI=1S/C15H15ClN2S/c16-14-11-18(15-6-2-1-5-13(14)15)8-7-17-10-12-4-3-9-19-12/h1-6,9,11,17H,7-8,10H2. The highest BCUT2D eigenvalue weighted by atomic mass is 35.5. The van der Waals surface area contributed by atoms with E-state index in [2.05, 4.69) is 39.5 Å². The Labute approximate surface area is 121 Å². The zero-order valence-electron chi connectivity index (χ0n) is 10.5. The summed E-state index contributed by atoms with van der Waals surface area (Å²) in [6.45, 7) is 2.80. The summed E-state index contributed by atoms with van der Waals surface area (Å²) in [5.74, 6) is 0. The minimum atomic E-state index is 0.828. The lowest BCUT2D eigenvalue weighted by Crippen LogP contribution is -2.18. The molecule has 98 valence electrons. The topological polar surface area (TPSA) is 17.0 Å². The molecule has 3 aromatic rings. The van der Waals surface area contributed by atoms with Crippen molar-refractivity contribution in [2.75, 3.05) is 6.54 Å². The van der Waals surface area contributed by atoms with Crippen molar-refractivity contribution in [2.45, 2.75) is 13.1 Å². The molecule has 0 atom stereocenters. The molecule has 0 saturated heterocycles. The molecule has 1 aromatic carbocycles. The minimum absolute atomic E-state index is 0.828. The van der Waals surface area contributed by atoms with E-state index in [0.717, 1.165) is 30.0 Å². The molecule has 0 aliphatic rings. The first-order chi connectivity index (χ1) is 9.34. The van der Waals surface area contributed by atoms with Crippen molar-refractivity contribution in [2.24, 2.45) is 0 Å². The summed E-state index contributed by atoms with van der Waals surface area (Å²) >= 11 is 8.02. The largest absolute Gasteiger partial charge is 0.345 e. The number of aromatic nitrogens is 1. The normalized spacial score (nSPS) is 11.2. The van der Waals surface area contributed by atoms with Crippen LogP contribution in [0.2, 0.25) is 5.02 Å². The summed E-state index contributed by atoms with van der Waals surface area (Å²) in [4.78, 5) is 1.37. The summed E-state index contributed by atoms with van der Waals surface area (Å²) in [6, 6.07) is 12.5. The number of nitrogens with one attached hydrogen (secondary N) is 1. The molecule has 2 aromatic heterocycles. The summed E-state index contributed by atoms with van der Waals surface area (Å²) < 4.78 is 2.21. The van der Waals surface area contributed by atoms with Gasteiger partial charge in [0, 0.05) is 41.6 Å². The Morgan fingerprint density at radius 3 is 2.89 bits per heavy atom. The number of hydrogen-bond acceptors (Lipinski definition) is 2. The molecule has 0 unspecified atom stereocenters. The predicted molar refractivity (Wildman–Crippen MR) is 83.0 cm³/mol. The minimum Gasteiger partial charge on any atom is -0.345 e. The molecule has 4 heteroatoms. The Balaban J connectivity index is 1.62. The van der Waals surface area contributed by atoms with Crippen LogP contribution >= 0.6 is 22.9 Å². The fourth-order valence-corrected chi connectivity index (χ4v) is 3.16. The highest BCUT2D eigenvalue weighted by Crippen LogP contribution is 2.25. The van der Waals surface area contributed by atoms with Gasteiger partial charge in [-0.15, -0.1) is 11.3 Å². The SMILES string of the molecule is Clc1cn(CCNCc2cccs2)c2ccccc12. The molecule has 0 saturated carbocycles. The lowest BCUT2D eigenvalue weighted by atomic mass is 10.2. The molecule has 0 amide bonds. The lowest BCUT2D eigenvalue weighted by molar-refractivity contribution is 0.613. The van der Waals surface area contributed by atoms with Crippen LogP contribution in [0.5, 0.6) is 0 Å². The number of fused-ring (bicyclic) bond motifs is 1. The van der Waals surface area contributed by atoms with Crippen molar-refractivity contribution < 1.29 is 0 Å². The summed E-state index contributed by atoms with van der Waals surface area (Å²) in [7, 11) is 0. The van der Waals surface area contributed by atoms with Gasteiger partial charge in [-0.1, -0.05) is 35.9 Å². The van der Waals surface area contributed by atoms with Crippen LogP contribution in [0.15, 0.2) is 48.0 Å². The van der Waals surface area contributed by atoms with Gasteiger partial charge in [0.2, 0.25) is 0 Å². The first-order valence-corrected chi connectivity index (χ1v) is 7.57. The summed E-state index contributed by atoms with van der Waals surface area (Å²) in [6.07, 6.45) is 2.01. The molecule has 0 aliphatic heterocycles. The maximum atomic E-state index is 6.23. The Morgan fingerprint density at radius 1 is 1.16 bits per heavy atom. The van der Waals surface area contributed by atoms with Gasteiger partial charge in [-0.05, 0) is 17.5 Å². The van der Waals surface area contributed by atoms with Crippen LogP contribution in [0, 0.1) is 0 Å². The van der Waals surface area contributed by atoms with Crippen LogP contribution in [0.1, 0.15) is 4.88 Å². The predicted octanol–water partition coefficient (Wildman–Crippen LogP) is 4.15. The van der Waals surface area contributed by atoms with Crippen molar-refractivity contribution in [3.05, 3.63) is 57.9 Å². The third-order valence-electron chi connectivity index (χ3n) is 3.15. The molecule has 0 radical (unpaired) electrons. The van der Waals surface area contributed by atoms with E-state index in [1.165, 1.54) is 10.4 Å². The quantitative estimate of drug-likeness (QED) is 0.699. The second kappa shape index (κ2) is 5.78. The third-order valence-corrected chi connectivity index (χ3v) is 4.33. The third kappa shape index (κ3) is 2.84. The van der Waals surface area contributed by atoms with E-state index in [-0.39, 0.29) is 0 Å². The van der Waals surface area contributed by atoms with Gasteiger partial charge in [0.05, 0.1) is 5.02 Å². The van der Waals surface area contributed by atoms with E-state index in [0.29, 0.717) is 0 Å². The van der Waals surface area contributed by atoms with Crippen LogP contribution in [0.3, 0.4) is 0 Å². The highest BCUT2D eigenvalue weighted by molar-refractivity contribution is 7.09. The van der Waals surface area contributed by atoms with Crippen molar-refractivity contribution in [1.82, 2.24) is 9.88 Å². The zero-order chi connectivity index (χ0) is 13.1. The molecule has 0 spiro atoms. The number of thiophene rings is 1. The number of nitrogens with zero attached hydrogens (tertiary/aromatic N) is 1. The smallest absolute Gasteiger partial charge is 0.0661 e. The Kier molecular flexibility index (Phi) is 3.87. The molecule has 3 rings (SSSR count). The van der Waals surface area contributed by atoms with Gasteiger partial charge < -0.3 is 9.88 Å². The van der Waals surface area contributed by atoms with Gasteiger partial charge in [-0.2, -0.15) is 0 Å². The Bertz CT molecular complexity index is 658. The highest BCUT2D eigenvalue weighted by Gasteiger charge is 2.05. The van der Waals surface area contributed by atoms with Crippen LogP contribution in [-0.4, -0.2) is 11.1 Å². The number of para-hydroxylation sites is 1. The molecule has 19 heavy (non-hydrogen) atoms. The van der Waals surface area contributed by atoms with Crippen LogP contribution < -0.4 is 5.32 Å². The maximum absolute atomic E-state index is 6.23. The van der Waals surface area contributed by atoms with Gasteiger partial charge in [0.15, 0.2) is 0 Å². The van der Waals surface area contributed by atoms with E-state index < -0.39 is 0 Å². The molecule has 2 heterocycles. The second-order valence-electron chi connectivity index (χ2n) is 4.44. The average molecular weight is 291 g/mol. The summed E-state index contributed by atoms with van der Waals surface area (Å²) in [5, 5.41) is 7.52. The first-order valence-electron chi connectivity index (χ1n) is 6.31. The number of benzene rings is 1. The first kappa shape index (κ1) is 12.7. The fraction of sp³-hybridized carbons (Fsp3) is 0.200. The fourth-order valence-electron chi connectivity index (χ4n) is 2.21. The molecule has 1 N–H and O–H groups in total. The van der Waals surface area contributed by atoms with Gasteiger partial charge >= 0.3 is 0 Å². The molecule has 0 aliphatic carbocycles. The number of hydrogen-bond donors (Lipinski definition) is 1. The monoisotopic (exact) mass is 290 g/mol. The van der Waals surface area contributed by atoms with Crippen molar-refractivity contribution >= 4 is 33.8 Å². The second-order valence-corrected chi connectivity index (χ2v) is 5.88. The van der Waals surface area contributed by atoms with Crippen LogP contribution in [0.4, 0.5) is 0 Å². The molecule has 0 fully saturated rings. The van der Waals surface area contributed by atoms with Crippen LogP contribution in [0.25, 0.3) is 10.9 Å². The molecular weight excluding hydrogens is 276 g/mol. The van der Waals surface area contributed by atoms with E-state index in [9.17, 15) is 0 Å². The van der Waals surface area contributed by atoms with Crippen molar-refractivity contribution in [3.63, 3.8) is 0 Å². The van der Waals surface area contributed by atoms with Gasteiger partial charge in [0.1, 0.15) is 0 Å². The number of rotatable bonds is 5. The Morgan fingerprint density at radius 2 is 2.05 bits per heavy atom.